The van der Waals surface area contributed by atoms with Crippen molar-refractivity contribution in [2.45, 2.75) is 13.3 Å². The second kappa shape index (κ2) is 6.39. The van der Waals surface area contributed by atoms with Crippen molar-refractivity contribution in [3.63, 3.8) is 0 Å². The average Bonchev–Trinajstić information content (AvgIpc) is 2.47. The van der Waals surface area contributed by atoms with E-state index in [0.29, 0.717) is 5.11 Å². The van der Waals surface area contributed by atoms with Gasteiger partial charge in [0.2, 0.25) is 0 Å². The van der Waals surface area contributed by atoms with Crippen molar-refractivity contribution >= 4 is 28.7 Å². The van der Waals surface area contributed by atoms with E-state index in [4.69, 9.17) is 12.2 Å². The lowest BCUT2D eigenvalue weighted by Crippen LogP contribution is -2.30. The second-order valence-corrected chi connectivity index (χ2v) is 4.95. The number of phenols is 1. The molecule has 0 aliphatic carbocycles. The SMILES string of the molecule is CCc1cccc(NC(=S)N(C)c2ccc(O)cc2)c1. The molecule has 0 heterocycles. The van der Waals surface area contributed by atoms with E-state index in [9.17, 15) is 5.11 Å². The maximum atomic E-state index is 9.30. The Morgan fingerprint density at radius 1 is 1.20 bits per heavy atom. The van der Waals surface area contributed by atoms with Crippen LogP contribution in [0.3, 0.4) is 0 Å². The molecule has 3 nitrogen and oxygen atoms in total. The van der Waals surface area contributed by atoms with Gasteiger partial charge in [-0.3, -0.25) is 0 Å². The Labute approximate surface area is 124 Å². The van der Waals surface area contributed by atoms with Gasteiger partial charge in [-0.05, 0) is 60.6 Å². The Kier molecular flexibility index (Phi) is 4.58. The number of phenolic OH excluding ortho intramolecular Hbond substituents is 1. The first-order valence-electron chi connectivity index (χ1n) is 6.53. The smallest absolute Gasteiger partial charge is 0.177 e. The average molecular weight is 286 g/mol. The monoisotopic (exact) mass is 286 g/mol. The van der Waals surface area contributed by atoms with Gasteiger partial charge in [0.05, 0.1) is 0 Å². The number of hydrogen-bond donors (Lipinski definition) is 2. The van der Waals surface area contributed by atoms with Crippen LogP contribution in [0, 0.1) is 0 Å². The lowest BCUT2D eigenvalue weighted by atomic mass is 10.1. The Morgan fingerprint density at radius 3 is 2.55 bits per heavy atom. The molecule has 0 saturated heterocycles. The largest absolute Gasteiger partial charge is 0.508 e. The fourth-order valence-electron chi connectivity index (χ4n) is 1.87. The summed E-state index contributed by atoms with van der Waals surface area (Å²) in [6.45, 7) is 2.13. The van der Waals surface area contributed by atoms with E-state index in [2.05, 4.69) is 24.4 Å². The van der Waals surface area contributed by atoms with Crippen LogP contribution in [0.15, 0.2) is 48.5 Å². The summed E-state index contributed by atoms with van der Waals surface area (Å²) in [6, 6.07) is 15.1. The molecule has 0 unspecified atom stereocenters. The third-order valence-electron chi connectivity index (χ3n) is 3.13. The van der Waals surface area contributed by atoms with Crippen molar-refractivity contribution in [2.75, 3.05) is 17.3 Å². The number of nitrogens with one attached hydrogen (secondary N) is 1. The maximum Gasteiger partial charge on any atom is 0.177 e. The molecular weight excluding hydrogens is 268 g/mol. The summed E-state index contributed by atoms with van der Waals surface area (Å²) in [5.41, 5.74) is 3.18. The molecule has 2 N–H and O–H groups in total. The summed E-state index contributed by atoms with van der Waals surface area (Å²) in [5.74, 6) is 0.247. The lowest BCUT2D eigenvalue weighted by Gasteiger charge is -2.21. The van der Waals surface area contributed by atoms with Gasteiger partial charge in [-0.2, -0.15) is 0 Å². The second-order valence-electron chi connectivity index (χ2n) is 4.56. The number of anilines is 2. The molecule has 20 heavy (non-hydrogen) atoms. The number of rotatable bonds is 3. The van der Waals surface area contributed by atoms with Gasteiger partial charge >= 0.3 is 0 Å². The van der Waals surface area contributed by atoms with Crippen molar-refractivity contribution in [3.05, 3.63) is 54.1 Å². The number of hydrogen-bond acceptors (Lipinski definition) is 2. The van der Waals surface area contributed by atoms with Gasteiger partial charge in [-0.1, -0.05) is 19.1 Å². The van der Waals surface area contributed by atoms with E-state index in [1.807, 2.05) is 36.2 Å². The van der Waals surface area contributed by atoms with Gasteiger partial charge in [0.25, 0.3) is 0 Å². The minimum absolute atomic E-state index is 0.247. The Morgan fingerprint density at radius 2 is 1.90 bits per heavy atom. The summed E-state index contributed by atoms with van der Waals surface area (Å²) in [7, 11) is 1.89. The van der Waals surface area contributed by atoms with E-state index >= 15 is 0 Å². The predicted molar refractivity (Wildman–Crippen MR) is 88.6 cm³/mol. The molecular formula is C16H18N2OS. The first-order chi connectivity index (χ1) is 9.60. The highest BCUT2D eigenvalue weighted by atomic mass is 32.1. The Hall–Kier alpha value is -2.07. The van der Waals surface area contributed by atoms with Crippen LogP contribution in [-0.4, -0.2) is 17.3 Å². The summed E-state index contributed by atoms with van der Waals surface area (Å²) < 4.78 is 0. The van der Waals surface area contributed by atoms with Crippen LogP contribution in [0.4, 0.5) is 11.4 Å². The number of nitrogens with zero attached hydrogens (tertiary/aromatic N) is 1. The highest BCUT2D eigenvalue weighted by Crippen LogP contribution is 2.19. The van der Waals surface area contributed by atoms with Crippen molar-refractivity contribution < 1.29 is 5.11 Å². The Bertz CT molecular complexity index is 596. The van der Waals surface area contributed by atoms with E-state index < -0.39 is 0 Å². The summed E-state index contributed by atoms with van der Waals surface area (Å²) >= 11 is 5.41. The van der Waals surface area contributed by atoms with Crippen LogP contribution >= 0.6 is 12.2 Å². The molecule has 2 aromatic carbocycles. The van der Waals surface area contributed by atoms with Crippen LogP contribution in [0.1, 0.15) is 12.5 Å². The molecule has 0 atom stereocenters. The standard InChI is InChI=1S/C16H18N2OS/c1-3-12-5-4-6-13(11-12)17-16(20)18(2)14-7-9-15(19)10-8-14/h4-11,19H,3H2,1-2H3,(H,17,20). The molecule has 0 amide bonds. The molecule has 0 aliphatic rings. The van der Waals surface area contributed by atoms with Crippen LogP contribution < -0.4 is 10.2 Å². The van der Waals surface area contributed by atoms with Crippen molar-refractivity contribution in [1.82, 2.24) is 0 Å². The molecule has 0 fully saturated rings. The molecule has 0 radical (unpaired) electrons. The predicted octanol–water partition coefficient (Wildman–Crippen LogP) is 3.79. The summed E-state index contributed by atoms with van der Waals surface area (Å²) in [4.78, 5) is 1.87. The molecule has 0 aromatic heterocycles. The maximum absolute atomic E-state index is 9.30. The Balaban J connectivity index is 2.09. The number of aromatic hydroxyl groups is 1. The zero-order chi connectivity index (χ0) is 14.5. The molecule has 2 aromatic rings. The van der Waals surface area contributed by atoms with Gasteiger partial charge in [-0.25, -0.2) is 0 Å². The van der Waals surface area contributed by atoms with E-state index in [1.54, 1.807) is 12.1 Å². The third kappa shape index (κ3) is 3.48. The molecule has 2 rings (SSSR count). The van der Waals surface area contributed by atoms with Gasteiger partial charge in [0.15, 0.2) is 5.11 Å². The van der Waals surface area contributed by atoms with Crippen LogP contribution in [0.2, 0.25) is 0 Å². The minimum Gasteiger partial charge on any atom is -0.508 e. The first kappa shape index (κ1) is 14.3. The zero-order valence-electron chi connectivity index (χ0n) is 11.6. The minimum atomic E-state index is 0.247. The third-order valence-corrected chi connectivity index (χ3v) is 3.50. The van der Waals surface area contributed by atoms with E-state index in [0.717, 1.165) is 17.8 Å². The molecule has 0 bridgehead atoms. The van der Waals surface area contributed by atoms with Crippen LogP contribution in [-0.2, 0) is 6.42 Å². The quantitative estimate of drug-likeness (QED) is 0.842. The highest BCUT2D eigenvalue weighted by molar-refractivity contribution is 7.80. The molecule has 0 aliphatic heterocycles. The van der Waals surface area contributed by atoms with Crippen molar-refractivity contribution in [3.8, 4) is 5.75 Å². The highest BCUT2D eigenvalue weighted by Gasteiger charge is 2.07. The molecule has 104 valence electrons. The van der Waals surface area contributed by atoms with Gasteiger partial charge in [-0.15, -0.1) is 0 Å². The molecule has 0 saturated carbocycles. The zero-order valence-corrected chi connectivity index (χ0v) is 12.4. The summed E-state index contributed by atoms with van der Waals surface area (Å²) in [6.07, 6.45) is 0.996. The van der Waals surface area contributed by atoms with Gasteiger partial charge in [0.1, 0.15) is 5.75 Å². The lowest BCUT2D eigenvalue weighted by molar-refractivity contribution is 0.475. The number of aryl methyl sites for hydroxylation is 1. The fraction of sp³-hybridized carbons (Fsp3) is 0.188. The normalized spacial score (nSPS) is 10.1. The molecule has 4 heteroatoms. The first-order valence-corrected chi connectivity index (χ1v) is 6.93. The number of benzene rings is 2. The van der Waals surface area contributed by atoms with E-state index in [-0.39, 0.29) is 5.75 Å². The van der Waals surface area contributed by atoms with Crippen molar-refractivity contribution in [2.24, 2.45) is 0 Å². The summed E-state index contributed by atoms with van der Waals surface area (Å²) in [5, 5.41) is 13.1. The van der Waals surface area contributed by atoms with Crippen LogP contribution in [0.5, 0.6) is 5.75 Å². The van der Waals surface area contributed by atoms with Gasteiger partial charge < -0.3 is 15.3 Å². The fourth-order valence-corrected chi connectivity index (χ4v) is 2.09. The van der Waals surface area contributed by atoms with Crippen molar-refractivity contribution in [1.29, 1.82) is 0 Å². The van der Waals surface area contributed by atoms with Crippen LogP contribution in [0.25, 0.3) is 0 Å². The topological polar surface area (TPSA) is 35.5 Å². The van der Waals surface area contributed by atoms with E-state index in [1.165, 1.54) is 5.56 Å². The number of thiocarbonyl (C=S) groups is 1. The molecule has 0 spiro atoms. The van der Waals surface area contributed by atoms with Gasteiger partial charge in [0, 0.05) is 18.4 Å².